The fraction of sp³-hybridized carbons (Fsp3) is 0.333. The van der Waals surface area contributed by atoms with Gasteiger partial charge < -0.3 is 19.1 Å². The molecule has 0 spiro atoms. The molecule has 24 heavy (non-hydrogen) atoms. The highest BCUT2D eigenvalue weighted by Crippen LogP contribution is 2.40. The quantitative estimate of drug-likeness (QED) is 0.794. The van der Waals surface area contributed by atoms with E-state index in [2.05, 4.69) is 4.90 Å². The zero-order valence-electron chi connectivity index (χ0n) is 13.6. The number of hydrogen-bond donors (Lipinski definition) is 0. The molecule has 3 rings (SSSR count). The molecule has 1 saturated heterocycles. The van der Waals surface area contributed by atoms with Gasteiger partial charge in [0, 0.05) is 24.7 Å². The minimum absolute atomic E-state index is 0.529. The van der Waals surface area contributed by atoms with Gasteiger partial charge in [0.15, 0.2) is 0 Å². The van der Waals surface area contributed by atoms with Crippen LogP contribution in [-0.4, -0.2) is 40.5 Å². The Kier molecular flexibility index (Phi) is 5.39. The second kappa shape index (κ2) is 7.51. The standard InChI is InChI=1S/C18H19Cl2NO3/c1-22-17-11-18(23-2)15(20)10-13(17)12-3-4-16(14(19)9-12)21-5-7-24-8-6-21/h3-4,9-11H,5-8H2,1-2H3. The van der Waals surface area contributed by atoms with Gasteiger partial charge >= 0.3 is 0 Å². The van der Waals surface area contributed by atoms with Crippen LogP contribution in [0.25, 0.3) is 11.1 Å². The van der Waals surface area contributed by atoms with Crippen LogP contribution in [0.2, 0.25) is 10.0 Å². The van der Waals surface area contributed by atoms with Gasteiger partial charge in [0.2, 0.25) is 0 Å². The zero-order valence-corrected chi connectivity index (χ0v) is 15.2. The Balaban J connectivity index is 1.98. The summed E-state index contributed by atoms with van der Waals surface area (Å²) in [4.78, 5) is 2.23. The molecular formula is C18H19Cl2NO3. The van der Waals surface area contributed by atoms with E-state index in [9.17, 15) is 0 Å². The molecule has 0 atom stereocenters. The Morgan fingerprint density at radius 1 is 0.917 bits per heavy atom. The molecule has 0 aliphatic carbocycles. The molecule has 1 aliphatic heterocycles. The minimum Gasteiger partial charge on any atom is -0.496 e. The third-order valence-electron chi connectivity index (χ3n) is 4.08. The lowest BCUT2D eigenvalue weighted by molar-refractivity contribution is 0.122. The molecule has 1 heterocycles. The maximum absolute atomic E-state index is 6.53. The van der Waals surface area contributed by atoms with E-state index in [0.29, 0.717) is 21.5 Å². The number of morpholine rings is 1. The molecule has 1 aliphatic rings. The molecule has 0 radical (unpaired) electrons. The first-order chi connectivity index (χ1) is 11.6. The highest BCUT2D eigenvalue weighted by Gasteiger charge is 2.17. The maximum atomic E-state index is 6.53. The second-order valence-corrected chi connectivity index (χ2v) is 6.27. The first-order valence-corrected chi connectivity index (χ1v) is 8.43. The predicted molar refractivity (Wildman–Crippen MR) is 98.0 cm³/mol. The molecule has 6 heteroatoms. The average Bonchev–Trinajstić information content (AvgIpc) is 2.62. The molecule has 1 fully saturated rings. The van der Waals surface area contributed by atoms with Crippen molar-refractivity contribution in [3.05, 3.63) is 40.4 Å². The van der Waals surface area contributed by atoms with Crippen LogP contribution in [0, 0.1) is 0 Å². The topological polar surface area (TPSA) is 30.9 Å². The van der Waals surface area contributed by atoms with Crippen LogP contribution in [0.4, 0.5) is 5.69 Å². The van der Waals surface area contributed by atoms with Gasteiger partial charge in [-0.3, -0.25) is 0 Å². The Bertz CT molecular complexity index is 730. The van der Waals surface area contributed by atoms with Gasteiger partial charge in [-0.25, -0.2) is 0 Å². The lowest BCUT2D eigenvalue weighted by Crippen LogP contribution is -2.36. The fourth-order valence-electron chi connectivity index (χ4n) is 2.82. The average molecular weight is 368 g/mol. The molecule has 0 bridgehead atoms. The number of nitrogens with zero attached hydrogens (tertiary/aromatic N) is 1. The third kappa shape index (κ3) is 3.41. The molecule has 0 saturated carbocycles. The van der Waals surface area contributed by atoms with Gasteiger partial charge in [0.05, 0.1) is 43.2 Å². The van der Waals surface area contributed by atoms with Crippen molar-refractivity contribution >= 4 is 28.9 Å². The second-order valence-electron chi connectivity index (χ2n) is 5.45. The number of hydrogen-bond acceptors (Lipinski definition) is 4. The lowest BCUT2D eigenvalue weighted by Gasteiger charge is -2.29. The van der Waals surface area contributed by atoms with Crippen molar-refractivity contribution in [3.8, 4) is 22.6 Å². The van der Waals surface area contributed by atoms with Crippen LogP contribution < -0.4 is 14.4 Å². The normalized spacial score (nSPS) is 14.6. The number of halogens is 2. The van der Waals surface area contributed by atoms with E-state index in [4.69, 9.17) is 37.4 Å². The lowest BCUT2D eigenvalue weighted by atomic mass is 10.0. The van der Waals surface area contributed by atoms with Crippen LogP contribution in [0.3, 0.4) is 0 Å². The molecule has 0 aromatic heterocycles. The largest absolute Gasteiger partial charge is 0.496 e. The maximum Gasteiger partial charge on any atom is 0.141 e. The Morgan fingerprint density at radius 3 is 2.25 bits per heavy atom. The van der Waals surface area contributed by atoms with E-state index in [1.54, 1.807) is 20.3 Å². The summed E-state index contributed by atoms with van der Waals surface area (Å²) in [5.41, 5.74) is 2.83. The summed E-state index contributed by atoms with van der Waals surface area (Å²) in [5, 5.41) is 1.23. The van der Waals surface area contributed by atoms with Gasteiger partial charge in [-0.1, -0.05) is 29.3 Å². The zero-order chi connectivity index (χ0) is 17.1. The Morgan fingerprint density at radius 2 is 1.62 bits per heavy atom. The summed E-state index contributed by atoms with van der Waals surface area (Å²) < 4.78 is 16.1. The number of anilines is 1. The summed E-state index contributed by atoms with van der Waals surface area (Å²) in [6, 6.07) is 9.60. The summed E-state index contributed by atoms with van der Waals surface area (Å²) in [6.45, 7) is 3.13. The van der Waals surface area contributed by atoms with E-state index in [-0.39, 0.29) is 0 Å². The van der Waals surface area contributed by atoms with Crippen molar-refractivity contribution in [1.82, 2.24) is 0 Å². The highest BCUT2D eigenvalue weighted by atomic mass is 35.5. The molecule has 128 valence electrons. The van der Waals surface area contributed by atoms with Crippen LogP contribution in [0.1, 0.15) is 0 Å². The van der Waals surface area contributed by atoms with E-state index >= 15 is 0 Å². The number of benzene rings is 2. The van der Waals surface area contributed by atoms with Gasteiger partial charge in [-0.05, 0) is 23.8 Å². The summed E-state index contributed by atoms with van der Waals surface area (Å²) in [5.74, 6) is 1.26. The van der Waals surface area contributed by atoms with Crippen LogP contribution in [0.15, 0.2) is 30.3 Å². The molecule has 2 aromatic carbocycles. The van der Waals surface area contributed by atoms with Crippen molar-refractivity contribution in [3.63, 3.8) is 0 Å². The van der Waals surface area contributed by atoms with E-state index in [1.807, 2.05) is 24.3 Å². The summed E-state index contributed by atoms with van der Waals surface area (Å²) >= 11 is 12.8. The molecule has 2 aromatic rings. The van der Waals surface area contributed by atoms with Crippen LogP contribution >= 0.6 is 23.2 Å². The molecule has 0 amide bonds. The smallest absolute Gasteiger partial charge is 0.141 e. The van der Waals surface area contributed by atoms with Crippen LogP contribution in [-0.2, 0) is 4.74 Å². The van der Waals surface area contributed by atoms with E-state index in [1.165, 1.54) is 0 Å². The molecule has 0 N–H and O–H groups in total. The molecular weight excluding hydrogens is 349 g/mol. The highest BCUT2D eigenvalue weighted by molar-refractivity contribution is 6.34. The minimum atomic E-state index is 0.529. The van der Waals surface area contributed by atoms with Crippen molar-refractivity contribution in [1.29, 1.82) is 0 Å². The third-order valence-corrected chi connectivity index (χ3v) is 4.68. The van der Waals surface area contributed by atoms with E-state index in [0.717, 1.165) is 43.1 Å². The Hall–Kier alpha value is -1.62. The summed E-state index contributed by atoms with van der Waals surface area (Å²) in [7, 11) is 3.20. The molecule has 0 unspecified atom stereocenters. The SMILES string of the molecule is COc1cc(OC)c(-c2ccc(N3CCOCC3)c(Cl)c2)cc1Cl. The van der Waals surface area contributed by atoms with E-state index < -0.39 is 0 Å². The summed E-state index contributed by atoms with van der Waals surface area (Å²) in [6.07, 6.45) is 0. The van der Waals surface area contributed by atoms with Gasteiger partial charge in [-0.15, -0.1) is 0 Å². The fourth-order valence-corrected chi connectivity index (χ4v) is 3.36. The van der Waals surface area contributed by atoms with Gasteiger partial charge in [-0.2, -0.15) is 0 Å². The van der Waals surface area contributed by atoms with Gasteiger partial charge in [0.25, 0.3) is 0 Å². The Labute approximate surface area is 151 Å². The number of methoxy groups -OCH3 is 2. The first kappa shape index (κ1) is 17.2. The monoisotopic (exact) mass is 367 g/mol. The van der Waals surface area contributed by atoms with Crippen molar-refractivity contribution < 1.29 is 14.2 Å². The van der Waals surface area contributed by atoms with Gasteiger partial charge in [0.1, 0.15) is 11.5 Å². The number of ether oxygens (including phenoxy) is 3. The van der Waals surface area contributed by atoms with Crippen molar-refractivity contribution in [2.45, 2.75) is 0 Å². The molecule has 4 nitrogen and oxygen atoms in total. The predicted octanol–water partition coefficient (Wildman–Crippen LogP) is 4.51. The number of rotatable bonds is 4. The first-order valence-electron chi connectivity index (χ1n) is 7.68. The van der Waals surface area contributed by atoms with Crippen molar-refractivity contribution in [2.75, 3.05) is 45.4 Å². The van der Waals surface area contributed by atoms with Crippen LogP contribution in [0.5, 0.6) is 11.5 Å². The van der Waals surface area contributed by atoms with Crippen molar-refractivity contribution in [2.24, 2.45) is 0 Å².